The number of hydrazone groups is 1. The number of benzene rings is 1. The Morgan fingerprint density at radius 1 is 1.29 bits per heavy atom. The van der Waals surface area contributed by atoms with Crippen LogP contribution in [0, 0.1) is 0 Å². The van der Waals surface area contributed by atoms with E-state index in [0.717, 1.165) is 5.04 Å². The number of rotatable bonds is 1. The number of anilines is 1. The molecule has 0 bridgehead atoms. The van der Waals surface area contributed by atoms with E-state index in [9.17, 15) is 4.79 Å². The lowest BCUT2D eigenvalue weighted by atomic mass is 10.3. The van der Waals surface area contributed by atoms with Crippen molar-refractivity contribution < 1.29 is 4.79 Å². The third kappa shape index (κ3) is 2.55. The largest absolute Gasteiger partial charge is 0.272 e. The van der Waals surface area contributed by atoms with Crippen molar-refractivity contribution >= 4 is 63.2 Å². The SMILES string of the molecule is CSC1=NN(c2c(Cl)cc(Cl)cc2Cl)C(=O)C1. The number of carbonyl (C=O) groups excluding carboxylic acids is 1. The molecule has 0 radical (unpaired) electrons. The fraction of sp³-hybridized carbons (Fsp3) is 0.200. The van der Waals surface area contributed by atoms with E-state index >= 15 is 0 Å². The van der Waals surface area contributed by atoms with Crippen LogP contribution < -0.4 is 5.01 Å². The summed E-state index contributed by atoms with van der Waals surface area (Å²) in [4.78, 5) is 11.8. The van der Waals surface area contributed by atoms with Crippen LogP contribution in [0.2, 0.25) is 15.1 Å². The smallest absolute Gasteiger partial charge is 0.254 e. The van der Waals surface area contributed by atoms with Crippen LogP contribution in [-0.4, -0.2) is 17.2 Å². The van der Waals surface area contributed by atoms with E-state index in [4.69, 9.17) is 34.8 Å². The standard InChI is InChI=1S/C10H7Cl3N2OS/c1-17-8-4-9(16)15(14-8)10-6(12)2-5(11)3-7(10)13/h2-3H,4H2,1H3. The highest BCUT2D eigenvalue weighted by molar-refractivity contribution is 8.13. The maximum atomic E-state index is 11.8. The Kier molecular flexibility index (Phi) is 3.88. The lowest BCUT2D eigenvalue weighted by Crippen LogP contribution is -2.20. The van der Waals surface area contributed by atoms with E-state index in [1.54, 1.807) is 0 Å². The van der Waals surface area contributed by atoms with Crippen LogP contribution >= 0.6 is 46.6 Å². The first-order valence-electron chi connectivity index (χ1n) is 4.62. The molecular formula is C10H7Cl3N2OS. The molecule has 7 heteroatoms. The van der Waals surface area contributed by atoms with E-state index in [-0.39, 0.29) is 12.3 Å². The summed E-state index contributed by atoms with van der Waals surface area (Å²) < 4.78 is 0. The summed E-state index contributed by atoms with van der Waals surface area (Å²) in [5.41, 5.74) is 0.381. The molecule has 0 atom stereocenters. The van der Waals surface area contributed by atoms with Crippen molar-refractivity contribution in [1.82, 2.24) is 0 Å². The number of halogens is 3. The molecular weight excluding hydrogens is 303 g/mol. The average Bonchev–Trinajstić information content (AvgIpc) is 2.59. The molecule has 1 heterocycles. The summed E-state index contributed by atoms with van der Waals surface area (Å²) in [5, 5.41) is 7.16. The second kappa shape index (κ2) is 5.06. The lowest BCUT2D eigenvalue weighted by Gasteiger charge is -2.15. The normalized spacial score (nSPS) is 15.4. The van der Waals surface area contributed by atoms with E-state index in [1.165, 1.54) is 28.9 Å². The molecule has 0 saturated carbocycles. The van der Waals surface area contributed by atoms with Crippen molar-refractivity contribution in [3.63, 3.8) is 0 Å². The van der Waals surface area contributed by atoms with Crippen LogP contribution in [0.5, 0.6) is 0 Å². The number of nitrogens with zero attached hydrogens (tertiary/aromatic N) is 2. The van der Waals surface area contributed by atoms with Gasteiger partial charge in [0.25, 0.3) is 5.91 Å². The van der Waals surface area contributed by atoms with Crippen molar-refractivity contribution in [2.75, 3.05) is 11.3 Å². The van der Waals surface area contributed by atoms with Gasteiger partial charge in [-0.3, -0.25) is 4.79 Å². The number of hydrogen-bond acceptors (Lipinski definition) is 3. The van der Waals surface area contributed by atoms with Crippen LogP contribution in [-0.2, 0) is 4.79 Å². The summed E-state index contributed by atoms with van der Waals surface area (Å²) in [6.45, 7) is 0. The zero-order chi connectivity index (χ0) is 12.6. The second-order valence-electron chi connectivity index (χ2n) is 3.30. The highest BCUT2D eigenvalue weighted by atomic mass is 35.5. The summed E-state index contributed by atoms with van der Waals surface area (Å²) in [7, 11) is 0. The number of thioether (sulfide) groups is 1. The van der Waals surface area contributed by atoms with Crippen LogP contribution in [0.1, 0.15) is 6.42 Å². The molecule has 1 aliphatic heterocycles. The first-order chi connectivity index (χ1) is 8.02. The second-order valence-corrected chi connectivity index (χ2v) is 5.43. The van der Waals surface area contributed by atoms with Crippen molar-refractivity contribution in [2.24, 2.45) is 5.10 Å². The molecule has 0 unspecified atom stereocenters. The molecule has 0 N–H and O–H groups in total. The van der Waals surface area contributed by atoms with Gasteiger partial charge in [0.05, 0.1) is 16.5 Å². The minimum Gasteiger partial charge on any atom is -0.272 e. The Balaban J connectivity index is 2.48. The van der Waals surface area contributed by atoms with Gasteiger partial charge in [-0.2, -0.15) is 10.1 Å². The Hall–Kier alpha value is -0.420. The van der Waals surface area contributed by atoms with Gasteiger partial charge in [0.15, 0.2) is 0 Å². The van der Waals surface area contributed by atoms with Gasteiger partial charge in [-0.15, -0.1) is 11.8 Å². The summed E-state index contributed by atoms with van der Waals surface area (Å²) in [6.07, 6.45) is 2.14. The molecule has 0 aromatic heterocycles. The molecule has 0 spiro atoms. The molecule has 0 aliphatic carbocycles. The van der Waals surface area contributed by atoms with Gasteiger partial charge in [0.2, 0.25) is 0 Å². The van der Waals surface area contributed by atoms with Crippen molar-refractivity contribution in [1.29, 1.82) is 0 Å². The third-order valence-corrected chi connectivity index (χ3v) is 3.67. The van der Waals surface area contributed by atoms with E-state index in [1.807, 2.05) is 6.26 Å². The fourth-order valence-corrected chi connectivity index (χ4v) is 2.84. The fourth-order valence-electron chi connectivity index (χ4n) is 1.43. The first-order valence-corrected chi connectivity index (χ1v) is 6.97. The summed E-state index contributed by atoms with van der Waals surface area (Å²) in [6, 6.07) is 3.06. The van der Waals surface area contributed by atoms with Crippen LogP contribution in [0.3, 0.4) is 0 Å². The minimum atomic E-state index is -0.152. The quantitative estimate of drug-likeness (QED) is 0.783. The first kappa shape index (κ1) is 13.0. The molecule has 0 fully saturated rings. The van der Waals surface area contributed by atoms with Crippen molar-refractivity contribution in [3.8, 4) is 0 Å². The van der Waals surface area contributed by atoms with Gasteiger partial charge in [0, 0.05) is 5.02 Å². The molecule has 17 heavy (non-hydrogen) atoms. The van der Waals surface area contributed by atoms with Gasteiger partial charge < -0.3 is 0 Å². The zero-order valence-electron chi connectivity index (χ0n) is 8.71. The molecule has 1 aromatic carbocycles. The van der Waals surface area contributed by atoms with E-state index < -0.39 is 0 Å². The predicted molar refractivity (Wildman–Crippen MR) is 74.5 cm³/mol. The Morgan fingerprint density at radius 2 is 1.88 bits per heavy atom. The van der Waals surface area contributed by atoms with E-state index in [0.29, 0.717) is 20.8 Å². The molecule has 0 saturated heterocycles. The van der Waals surface area contributed by atoms with Crippen LogP contribution in [0.4, 0.5) is 5.69 Å². The van der Waals surface area contributed by atoms with Crippen LogP contribution in [0.25, 0.3) is 0 Å². The summed E-state index contributed by atoms with van der Waals surface area (Å²) >= 11 is 19.3. The van der Waals surface area contributed by atoms with E-state index in [2.05, 4.69) is 5.10 Å². The maximum Gasteiger partial charge on any atom is 0.254 e. The third-order valence-electron chi connectivity index (χ3n) is 2.18. The van der Waals surface area contributed by atoms with Gasteiger partial charge in [0.1, 0.15) is 10.7 Å². The maximum absolute atomic E-state index is 11.8. The van der Waals surface area contributed by atoms with Gasteiger partial charge in [-0.05, 0) is 18.4 Å². The molecule has 3 nitrogen and oxygen atoms in total. The monoisotopic (exact) mass is 308 g/mol. The van der Waals surface area contributed by atoms with Gasteiger partial charge >= 0.3 is 0 Å². The Labute approximate surface area is 118 Å². The zero-order valence-corrected chi connectivity index (χ0v) is 11.8. The summed E-state index contributed by atoms with van der Waals surface area (Å²) in [5.74, 6) is -0.152. The molecule has 1 amide bonds. The highest BCUT2D eigenvalue weighted by Gasteiger charge is 2.28. The number of carbonyl (C=O) groups is 1. The Morgan fingerprint density at radius 3 is 2.35 bits per heavy atom. The molecule has 1 aromatic rings. The molecule has 90 valence electrons. The Bertz CT molecular complexity index is 495. The minimum absolute atomic E-state index is 0.152. The molecule has 2 rings (SSSR count). The van der Waals surface area contributed by atoms with Crippen molar-refractivity contribution in [3.05, 3.63) is 27.2 Å². The van der Waals surface area contributed by atoms with Gasteiger partial charge in [-0.1, -0.05) is 34.8 Å². The highest BCUT2D eigenvalue weighted by Crippen LogP contribution is 2.38. The van der Waals surface area contributed by atoms with Crippen molar-refractivity contribution in [2.45, 2.75) is 6.42 Å². The predicted octanol–water partition coefficient (Wildman–Crippen LogP) is 4.06. The number of amides is 1. The molecule has 1 aliphatic rings. The van der Waals surface area contributed by atoms with Gasteiger partial charge in [-0.25, -0.2) is 0 Å². The lowest BCUT2D eigenvalue weighted by molar-refractivity contribution is -0.116. The number of hydrogen-bond donors (Lipinski definition) is 0. The average molecular weight is 310 g/mol. The topological polar surface area (TPSA) is 32.7 Å². The van der Waals surface area contributed by atoms with Crippen LogP contribution in [0.15, 0.2) is 17.2 Å².